The number of hydrogen-bond donors (Lipinski definition) is 1. The van der Waals surface area contributed by atoms with Crippen LogP contribution in [0.4, 0.5) is 0 Å². The molecule has 1 aromatic heterocycles. The first kappa shape index (κ1) is 15.5. The standard InChI is InChI=1S/C13H20N2OS.ClH/c1-8(9(2)14)13(16)15-6-4-12-11(10(15)3)5-7-17-12;/h5,7-10H,4,6,14H2,1-3H3;1H. The first-order chi connectivity index (χ1) is 8.02. The molecule has 3 unspecified atom stereocenters. The SMILES string of the molecule is CC(N)C(C)C(=O)N1CCc2sccc2C1C.Cl. The van der Waals surface area contributed by atoms with Crippen LogP contribution in [0.25, 0.3) is 0 Å². The van der Waals surface area contributed by atoms with Crippen LogP contribution in [-0.4, -0.2) is 23.4 Å². The fourth-order valence-corrected chi connectivity index (χ4v) is 3.26. The van der Waals surface area contributed by atoms with Gasteiger partial charge in [-0.2, -0.15) is 0 Å². The van der Waals surface area contributed by atoms with Crippen molar-refractivity contribution < 1.29 is 4.79 Å². The molecule has 0 spiro atoms. The van der Waals surface area contributed by atoms with E-state index in [0.29, 0.717) is 0 Å². The molecule has 1 aliphatic heterocycles. The molecule has 102 valence electrons. The lowest BCUT2D eigenvalue weighted by molar-refractivity contribution is -0.138. The molecular formula is C13H21ClN2OS. The number of hydrogen-bond acceptors (Lipinski definition) is 3. The molecule has 0 saturated carbocycles. The first-order valence-corrected chi connectivity index (χ1v) is 7.02. The van der Waals surface area contributed by atoms with Crippen LogP contribution in [0.3, 0.4) is 0 Å². The van der Waals surface area contributed by atoms with E-state index in [-0.39, 0.29) is 36.3 Å². The fourth-order valence-electron chi connectivity index (χ4n) is 2.30. The third-order valence-corrected chi connectivity index (χ3v) is 4.74. The van der Waals surface area contributed by atoms with Crippen molar-refractivity contribution in [1.29, 1.82) is 0 Å². The third-order valence-electron chi connectivity index (χ3n) is 3.74. The second-order valence-electron chi connectivity index (χ2n) is 4.90. The highest BCUT2D eigenvalue weighted by Gasteiger charge is 2.31. The second kappa shape index (κ2) is 6.04. The van der Waals surface area contributed by atoms with Gasteiger partial charge in [0.15, 0.2) is 0 Å². The summed E-state index contributed by atoms with van der Waals surface area (Å²) in [7, 11) is 0. The lowest BCUT2D eigenvalue weighted by Gasteiger charge is -2.36. The van der Waals surface area contributed by atoms with E-state index in [2.05, 4.69) is 18.4 Å². The van der Waals surface area contributed by atoms with Crippen molar-refractivity contribution in [2.45, 2.75) is 39.3 Å². The summed E-state index contributed by atoms with van der Waals surface area (Å²) >= 11 is 1.79. The van der Waals surface area contributed by atoms with Gasteiger partial charge < -0.3 is 10.6 Å². The van der Waals surface area contributed by atoms with Gasteiger partial charge in [-0.3, -0.25) is 4.79 Å². The van der Waals surface area contributed by atoms with E-state index >= 15 is 0 Å². The Labute approximate surface area is 119 Å². The highest BCUT2D eigenvalue weighted by molar-refractivity contribution is 7.10. The van der Waals surface area contributed by atoms with Crippen LogP contribution in [0, 0.1) is 5.92 Å². The van der Waals surface area contributed by atoms with Crippen LogP contribution in [0.15, 0.2) is 11.4 Å². The molecule has 2 heterocycles. The van der Waals surface area contributed by atoms with Gasteiger partial charge in [0.1, 0.15) is 0 Å². The molecule has 2 rings (SSSR count). The Kier molecular flexibility index (Phi) is 5.20. The van der Waals surface area contributed by atoms with Crippen LogP contribution < -0.4 is 5.73 Å². The minimum atomic E-state index is -0.0994. The summed E-state index contributed by atoms with van der Waals surface area (Å²) in [5.41, 5.74) is 7.13. The molecule has 5 heteroatoms. The maximum atomic E-state index is 12.3. The lowest BCUT2D eigenvalue weighted by atomic mass is 9.97. The Morgan fingerprint density at radius 2 is 2.22 bits per heavy atom. The van der Waals surface area contributed by atoms with Crippen molar-refractivity contribution in [1.82, 2.24) is 4.90 Å². The predicted molar refractivity (Wildman–Crippen MR) is 78.2 cm³/mol. The summed E-state index contributed by atoms with van der Waals surface area (Å²) < 4.78 is 0. The van der Waals surface area contributed by atoms with Gasteiger partial charge in [-0.15, -0.1) is 23.7 Å². The molecule has 0 saturated heterocycles. The predicted octanol–water partition coefficient (Wildman–Crippen LogP) is 2.60. The summed E-state index contributed by atoms with van der Waals surface area (Å²) in [5, 5.41) is 2.12. The van der Waals surface area contributed by atoms with Gasteiger partial charge >= 0.3 is 0 Å². The summed E-state index contributed by atoms with van der Waals surface area (Å²) in [6, 6.07) is 2.25. The highest BCUT2D eigenvalue weighted by Crippen LogP contribution is 2.33. The number of nitrogens with two attached hydrogens (primary N) is 1. The zero-order chi connectivity index (χ0) is 12.6. The van der Waals surface area contributed by atoms with Crippen LogP contribution in [-0.2, 0) is 11.2 Å². The Balaban J connectivity index is 0.00000162. The van der Waals surface area contributed by atoms with Crippen molar-refractivity contribution in [3.63, 3.8) is 0 Å². The molecule has 2 N–H and O–H groups in total. The molecule has 0 fully saturated rings. The van der Waals surface area contributed by atoms with Gasteiger partial charge in [0.2, 0.25) is 5.91 Å². The normalized spacial score (nSPS) is 21.8. The largest absolute Gasteiger partial charge is 0.335 e. The second-order valence-corrected chi connectivity index (χ2v) is 5.91. The Morgan fingerprint density at radius 1 is 1.56 bits per heavy atom. The monoisotopic (exact) mass is 288 g/mol. The molecule has 1 amide bonds. The topological polar surface area (TPSA) is 46.3 Å². The van der Waals surface area contributed by atoms with Gasteiger partial charge in [0.05, 0.1) is 12.0 Å². The summed E-state index contributed by atoms with van der Waals surface area (Å²) in [6.45, 7) is 6.75. The average Bonchev–Trinajstić information content (AvgIpc) is 2.76. The van der Waals surface area contributed by atoms with Crippen LogP contribution >= 0.6 is 23.7 Å². The van der Waals surface area contributed by atoms with E-state index in [4.69, 9.17) is 5.73 Å². The minimum Gasteiger partial charge on any atom is -0.335 e. The Morgan fingerprint density at radius 3 is 2.83 bits per heavy atom. The number of thiophene rings is 1. The van der Waals surface area contributed by atoms with E-state index < -0.39 is 0 Å². The van der Waals surface area contributed by atoms with E-state index in [0.717, 1.165) is 13.0 Å². The molecular weight excluding hydrogens is 268 g/mol. The van der Waals surface area contributed by atoms with E-state index in [9.17, 15) is 4.79 Å². The van der Waals surface area contributed by atoms with Crippen molar-refractivity contribution in [3.05, 3.63) is 21.9 Å². The zero-order valence-electron chi connectivity index (χ0n) is 11.1. The molecule has 3 atom stereocenters. The van der Waals surface area contributed by atoms with E-state index in [1.807, 2.05) is 18.7 Å². The lowest BCUT2D eigenvalue weighted by Crippen LogP contribution is -2.45. The summed E-state index contributed by atoms with van der Waals surface area (Å²) in [4.78, 5) is 15.7. The summed E-state index contributed by atoms with van der Waals surface area (Å²) in [6.07, 6.45) is 0.981. The van der Waals surface area contributed by atoms with E-state index in [1.165, 1.54) is 10.4 Å². The number of amides is 1. The number of nitrogens with zero attached hydrogens (tertiary/aromatic N) is 1. The molecule has 0 aromatic carbocycles. The maximum absolute atomic E-state index is 12.3. The number of fused-ring (bicyclic) bond motifs is 1. The molecule has 18 heavy (non-hydrogen) atoms. The smallest absolute Gasteiger partial charge is 0.227 e. The van der Waals surface area contributed by atoms with Gasteiger partial charge in [0.25, 0.3) is 0 Å². The van der Waals surface area contributed by atoms with Crippen LogP contribution in [0.1, 0.15) is 37.3 Å². The maximum Gasteiger partial charge on any atom is 0.227 e. The molecule has 0 radical (unpaired) electrons. The quantitative estimate of drug-likeness (QED) is 0.909. The first-order valence-electron chi connectivity index (χ1n) is 6.14. The van der Waals surface area contributed by atoms with Gasteiger partial charge in [-0.1, -0.05) is 6.92 Å². The molecule has 0 aliphatic carbocycles. The fraction of sp³-hybridized carbons (Fsp3) is 0.615. The van der Waals surface area contributed by atoms with Gasteiger partial charge in [0, 0.05) is 17.5 Å². The Hall–Kier alpha value is -0.580. The molecule has 3 nitrogen and oxygen atoms in total. The van der Waals surface area contributed by atoms with E-state index in [1.54, 1.807) is 11.3 Å². The molecule has 1 aliphatic rings. The molecule has 1 aromatic rings. The highest BCUT2D eigenvalue weighted by atomic mass is 35.5. The summed E-state index contributed by atoms with van der Waals surface area (Å²) in [5.74, 6) is 0.0852. The van der Waals surface area contributed by atoms with Gasteiger partial charge in [-0.25, -0.2) is 0 Å². The minimum absolute atomic E-state index is 0. The average molecular weight is 289 g/mol. The van der Waals surface area contributed by atoms with Crippen molar-refractivity contribution in [2.24, 2.45) is 11.7 Å². The Bertz CT molecular complexity index is 419. The van der Waals surface area contributed by atoms with Crippen LogP contribution in [0.5, 0.6) is 0 Å². The third kappa shape index (κ3) is 2.71. The molecule has 0 bridgehead atoms. The van der Waals surface area contributed by atoms with Crippen molar-refractivity contribution in [2.75, 3.05) is 6.54 Å². The zero-order valence-corrected chi connectivity index (χ0v) is 12.7. The number of carbonyl (C=O) groups is 1. The van der Waals surface area contributed by atoms with Gasteiger partial charge in [-0.05, 0) is 37.3 Å². The van der Waals surface area contributed by atoms with Crippen LogP contribution in [0.2, 0.25) is 0 Å². The van der Waals surface area contributed by atoms with Crippen molar-refractivity contribution in [3.8, 4) is 0 Å². The number of carbonyl (C=O) groups excluding carboxylic acids is 1. The number of halogens is 1. The van der Waals surface area contributed by atoms with Crippen molar-refractivity contribution >= 4 is 29.7 Å². The number of rotatable bonds is 2.